The van der Waals surface area contributed by atoms with Crippen LogP contribution in [-0.4, -0.2) is 32.1 Å². The van der Waals surface area contributed by atoms with Gasteiger partial charge in [0.2, 0.25) is 0 Å². The second kappa shape index (κ2) is 7.29. The number of rotatable bonds is 6. The van der Waals surface area contributed by atoms with Gasteiger partial charge in [0.25, 0.3) is 5.91 Å². The zero-order chi connectivity index (χ0) is 14.4. The number of nitrogens with one attached hydrogen (secondary N) is 2. The zero-order valence-corrected chi connectivity index (χ0v) is 12.4. The van der Waals surface area contributed by atoms with Crippen LogP contribution in [0.5, 0.6) is 5.75 Å². The van der Waals surface area contributed by atoms with Crippen molar-refractivity contribution in [3.63, 3.8) is 0 Å². The van der Waals surface area contributed by atoms with Crippen LogP contribution in [-0.2, 0) is 4.79 Å². The van der Waals surface area contributed by atoms with E-state index in [1.165, 1.54) is 6.42 Å². The van der Waals surface area contributed by atoms with Crippen molar-refractivity contribution in [2.45, 2.75) is 26.7 Å². The van der Waals surface area contributed by atoms with Gasteiger partial charge in [-0.3, -0.25) is 4.79 Å². The van der Waals surface area contributed by atoms with Crippen molar-refractivity contribution in [2.24, 2.45) is 5.92 Å². The lowest BCUT2D eigenvalue weighted by molar-refractivity contribution is -0.123. The van der Waals surface area contributed by atoms with Crippen LogP contribution in [0.2, 0.25) is 0 Å². The number of hydrogen-bond donors (Lipinski definition) is 2. The average molecular weight is 276 g/mol. The first-order valence-corrected chi connectivity index (χ1v) is 7.33. The van der Waals surface area contributed by atoms with Crippen LogP contribution >= 0.6 is 0 Å². The second-order valence-electron chi connectivity index (χ2n) is 5.51. The van der Waals surface area contributed by atoms with Crippen molar-refractivity contribution < 1.29 is 9.53 Å². The molecule has 1 aromatic rings. The van der Waals surface area contributed by atoms with Crippen LogP contribution in [0.25, 0.3) is 0 Å². The molecule has 4 heteroatoms. The van der Waals surface area contributed by atoms with E-state index in [2.05, 4.69) is 10.6 Å². The maximum absolute atomic E-state index is 11.8. The summed E-state index contributed by atoms with van der Waals surface area (Å²) in [5.74, 6) is 1.48. The van der Waals surface area contributed by atoms with Gasteiger partial charge >= 0.3 is 0 Å². The average Bonchev–Trinajstić information content (AvgIpc) is 2.91. The van der Waals surface area contributed by atoms with Gasteiger partial charge in [-0.15, -0.1) is 0 Å². The van der Waals surface area contributed by atoms with Gasteiger partial charge in [-0.1, -0.05) is 18.2 Å². The Balaban J connectivity index is 1.69. The lowest BCUT2D eigenvalue weighted by Crippen LogP contribution is -2.31. The first-order chi connectivity index (χ1) is 9.66. The molecule has 1 unspecified atom stereocenters. The number of carbonyl (C=O) groups is 1. The number of aryl methyl sites for hydroxylation is 2. The maximum atomic E-state index is 11.8. The van der Waals surface area contributed by atoms with Crippen molar-refractivity contribution in [1.29, 1.82) is 0 Å². The van der Waals surface area contributed by atoms with Gasteiger partial charge < -0.3 is 15.4 Å². The highest BCUT2D eigenvalue weighted by molar-refractivity contribution is 5.77. The molecule has 1 atom stereocenters. The fourth-order valence-corrected chi connectivity index (χ4v) is 2.59. The lowest BCUT2D eigenvalue weighted by Gasteiger charge is -2.13. The van der Waals surface area contributed by atoms with Crippen LogP contribution in [0, 0.1) is 19.8 Å². The van der Waals surface area contributed by atoms with Crippen LogP contribution < -0.4 is 15.4 Å². The molecule has 2 rings (SSSR count). The van der Waals surface area contributed by atoms with Gasteiger partial charge in [-0.2, -0.15) is 0 Å². The highest BCUT2D eigenvalue weighted by Gasteiger charge is 2.14. The van der Waals surface area contributed by atoms with Crippen LogP contribution in [0.1, 0.15) is 24.0 Å². The highest BCUT2D eigenvalue weighted by Crippen LogP contribution is 2.21. The Morgan fingerprint density at radius 1 is 1.40 bits per heavy atom. The first kappa shape index (κ1) is 14.9. The molecule has 4 nitrogen and oxygen atoms in total. The molecule has 1 heterocycles. The summed E-state index contributed by atoms with van der Waals surface area (Å²) >= 11 is 0. The molecule has 20 heavy (non-hydrogen) atoms. The smallest absolute Gasteiger partial charge is 0.257 e. The Bertz CT molecular complexity index is 434. The van der Waals surface area contributed by atoms with Crippen LogP contribution in [0.3, 0.4) is 0 Å². The van der Waals surface area contributed by atoms with E-state index in [1.54, 1.807) is 0 Å². The molecule has 1 saturated heterocycles. The predicted molar refractivity (Wildman–Crippen MR) is 80.0 cm³/mol. The standard InChI is InChI=1S/C16H24N2O2/c1-12-4-3-5-13(2)16(12)20-11-15(19)18-9-7-14-6-8-17-10-14/h3-5,14,17H,6-11H2,1-2H3,(H,18,19). The fraction of sp³-hybridized carbons (Fsp3) is 0.562. The summed E-state index contributed by atoms with van der Waals surface area (Å²) in [5, 5.41) is 6.26. The maximum Gasteiger partial charge on any atom is 0.257 e. The third-order valence-corrected chi connectivity index (χ3v) is 3.79. The van der Waals surface area contributed by atoms with E-state index in [1.807, 2.05) is 32.0 Å². The first-order valence-electron chi connectivity index (χ1n) is 7.33. The molecule has 0 aliphatic carbocycles. The third kappa shape index (κ3) is 4.23. The fourth-order valence-electron chi connectivity index (χ4n) is 2.59. The SMILES string of the molecule is Cc1cccc(C)c1OCC(=O)NCCC1CCNC1. The minimum Gasteiger partial charge on any atom is -0.483 e. The predicted octanol–water partition coefficient (Wildman–Crippen LogP) is 1.80. The van der Waals surface area contributed by atoms with E-state index >= 15 is 0 Å². The highest BCUT2D eigenvalue weighted by atomic mass is 16.5. The lowest BCUT2D eigenvalue weighted by atomic mass is 10.1. The number of hydrogen-bond acceptors (Lipinski definition) is 3. The van der Waals surface area contributed by atoms with Crippen molar-refractivity contribution in [3.8, 4) is 5.75 Å². The minimum absolute atomic E-state index is 0.0430. The van der Waals surface area contributed by atoms with Gasteiger partial charge in [0.05, 0.1) is 0 Å². The Morgan fingerprint density at radius 3 is 2.80 bits per heavy atom. The monoisotopic (exact) mass is 276 g/mol. The normalized spacial score (nSPS) is 18.0. The molecule has 0 saturated carbocycles. The summed E-state index contributed by atoms with van der Waals surface area (Å²) in [7, 11) is 0. The zero-order valence-electron chi connectivity index (χ0n) is 12.4. The third-order valence-electron chi connectivity index (χ3n) is 3.79. The van der Waals surface area contributed by atoms with Crippen LogP contribution in [0.15, 0.2) is 18.2 Å². The van der Waals surface area contributed by atoms with E-state index in [4.69, 9.17) is 4.74 Å². The summed E-state index contributed by atoms with van der Waals surface area (Å²) in [6.45, 7) is 7.00. The summed E-state index contributed by atoms with van der Waals surface area (Å²) in [6, 6.07) is 5.98. The van der Waals surface area contributed by atoms with E-state index in [0.717, 1.165) is 42.9 Å². The Kier molecular flexibility index (Phi) is 5.41. The van der Waals surface area contributed by atoms with Gasteiger partial charge in [0.15, 0.2) is 6.61 Å². The van der Waals surface area contributed by atoms with E-state index in [-0.39, 0.29) is 12.5 Å². The summed E-state index contributed by atoms with van der Waals surface area (Å²) in [6.07, 6.45) is 2.26. The number of para-hydroxylation sites is 1. The van der Waals surface area contributed by atoms with Crippen molar-refractivity contribution in [3.05, 3.63) is 29.3 Å². The molecule has 0 spiro atoms. The molecule has 0 bridgehead atoms. The van der Waals surface area contributed by atoms with Crippen molar-refractivity contribution in [1.82, 2.24) is 10.6 Å². The molecule has 2 N–H and O–H groups in total. The van der Waals surface area contributed by atoms with E-state index < -0.39 is 0 Å². The number of ether oxygens (including phenoxy) is 1. The van der Waals surface area contributed by atoms with Gasteiger partial charge in [-0.25, -0.2) is 0 Å². The molecule has 0 aromatic heterocycles. The Morgan fingerprint density at radius 2 is 2.15 bits per heavy atom. The Labute approximate surface area is 120 Å². The molecule has 1 aliphatic heterocycles. The van der Waals surface area contributed by atoms with E-state index in [0.29, 0.717) is 5.92 Å². The van der Waals surface area contributed by atoms with E-state index in [9.17, 15) is 4.79 Å². The molecule has 110 valence electrons. The Hall–Kier alpha value is -1.55. The quantitative estimate of drug-likeness (QED) is 0.833. The number of amides is 1. The number of carbonyl (C=O) groups excluding carboxylic acids is 1. The van der Waals surface area contributed by atoms with Gasteiger partial charge in [0, 0.05) is 6.54 Å². The summed E-state index contributed by atoms with van der Waals surface area (Å²) in [5.41, 5.74) is 2.13. The molecule has 1 fully saturated rings. The van der Waals surface area contributed by atoms with Gasteiger partial charge in [-0.05, 0) is 56.8 Å². The molecular formula is C16H24N2O2. The molecule has 1 aromatic carbocycles. The van der Waals surface area contributed by atoms with Gasteiger partial charge in [0.1, 0.15) is 5.75 Å². The molecule has 0 radical (unpaired) electrons. The number of benzene rings is 1. The summed E-state index contributed by atoms with van der Waals surface area (Å²) < 4.78 is 5.63. The largest absolute Gasteiger partial charge is 0.483 e. The van der Waals surface area contributed by atoms with Crippen LogP contribution in [0.4, 0.5) is 0 Å². The van der Waals surface area contributed by atoms with Crippen molar-refractivity contribution in [2.75, 3.05) is 26.2 Å². The topological polar surface area (TPSA) is 50.4 Å². The molecule has 1 amide bonds. The summed E-state index contributed by atoms with van der Waals surface area (Å²) in [4.78, 5) is 11.8. The minimum atomic E-state index is -0.0430. The molecule has 1 aliphatic rings. The second-order valence-corrected chi connectivity index (χ2v) is 5.51. The van der Waals surface area contributed by atoms with Crippen molar-refractivity contribution >= 4 is 5.91 Å². The molecular weight excluding hydrogens is 252 g/mol.